The van der Waals surface area contributed by atoms with Crippen LogP contribution in [0.25, 0.3) is 0 Å². The van der Waals surface area contributed by atoms with Crippen molar-refractivity contribution in [2.75, 3.05) is 20.8 Å². The van der Waals surface area contributed by atoms with E-state index in [9.17, 15) is 9.59 Å². The van der Waals surface area contributed by atoms with E-state index in [1.807, 2.05) is 31.2 Å². The van der Waals surface area contributed by atoms with Gasteiger partial charge in [0.1, 0.15) is 23.8 Å². The average molecular weight is 474 g/mol. The Morgan fingerprint density at radius 3 is 2.12 bits per heavy atom. The highest BCUT2D eigenvalue weighted by molar-refractivity contribution is 6.74. The second-order valence-corrected chi connectivity index (χ2v) is 14.1. The van der Waals surface area contributed by atoms with Crippen LogP contribution in [0.15, 0.2) is 48.5 Å². The normalized spacial score (nSPS) is 12.5. The monoisotopic (exact) mass is 473 g/mol. The summed E-state index contributed by atoms with van der Waals surface area (Å²) in [5, 5.41) is 0.0835. The van der Waals surface area contributed by atoms with Gasteiger partial charge in [-0.15, -0.1) is 0 Å². The lowest BCUT2D eigenvalue weighted by Crippen LogP contribution is -2.43. The van der Waals surface area contributed by atoms with Crippen molar-refractivity contribution in [3.05, 3.63) is 54.1 Å². The standard InChI is InChI=1S/C25H35NO6Si/c1-18(19-12-14-20(15-13-19)32-33(7,8)25(2,3)4)26(17-23(27)30-6)24(28)31-22-11-9-10-21(16-22)29-5/h9-16,18H,17H2,1-8H3/t18-/m0/s1. The summed E-state index contributed by atoms with van der Waals surface area (Å²) in [7, 11) is 0.852. The molecule has 2 aromatic carbocycles. The van der Waals surface area contributed by atoms with Crippen molar-refractivity contribution in [3.8, 4) is 17.2 Å². The number of carbonyl (C=O) groups excluding carboxylic acids is 2. The highest BCUT2D eigenvalue weighted by atomic mass is 28.4. The molecular weight excluding hydrogens is 438 g/mol. The van der Waals surface area contributed by atoms with Crippen LogP contribution in [0, 0.1) is 0 Å². The highest BCUT2D eigenvalue weighted by Crippen LogP contribution is 2.37. The molecule has 0 radical (unpaired) electrons. The van der Waals surface area contributed by atoms with E-state index in [1.165, 1.54) is 19.1 Å². The zero-order valence-electron chi connectivity index (χ0n) is 20.8. The van der Waals surface area contributed by atoms with Gasteiger partial charge in [-0.3, -0.25) is 9.69 Å². The van der Waals surface area contributed by atoms with E-state index >= 15 is 0 Å². The number of hydrogen-bond donors (Lipinski definition) is 0. The molecule has 0 saturated carbocycles. The Kier molecular flexibility index (Phi) is 8.55. The second-order valence-electron chi connectivity index (χ2n) is 9.36. The third-order valence-corrected chi connectivity index (χ3v) is 10.4. The smallest absolute Gasteiger partial charge is 0.416 e. The molecule has 180 valence electrons. The van der Waals surface area contributed by atoms with Crippen LogP contribution in [0.5, 0.6) is 17.2 Å². The Morgan fingerprint density at radius 2 is 1.58 bits per heavy atom. The fourth-order valence-electron chi connectivity index (χ4n) is 2.83. The number of esters is 1. The topological polar surface area (TPSA) is 74.3 Å². The molecule has 2 rings (SSSR count). The van der Waals surface area contributed by atoms with E-state index in [4.69, 9.17) is 18.6 Å². The molecule has 33 heavy (non-hydrogen) atoms. The van der Waals surface area contributed by atoms with E-state index in [1.54, 1.807) is 24.3 Å². The van der Waals surface area contributed by atoms with Crippen LogP contribution in [0.1, 0.15) is 39.3 Å². The molecule has 0 heterocycles. The Balaban J connectivity index is 2.23. The molecule has 2 aromatic rings. The number of benzene rings is 2. The number of rotatable bonds is 8. The van der Waals surface area contributed by atoms with Gasteiger partial charge in [-0.2, -0.15) is 0 Å². The van der Waals surface area contributed by atoms with Crippen LogP contribution < -0.4 is 13.9 Å². The first-order chi connectivity index (χ1) is 15.4. The van der Waals surface area contributed by atoms with Gasteiger partial charge in [-0.05, 0) is 54.9 Å². The minimum Gasteiger partial charge on any atom is -0.544 e. The number of methoxy groups -OCH3 is 2. The average Bonchev–Trinajstić information content (AvgIpc) is 2.76. The molecule has 0 aliphatic carbocycles. The molecule has 0 aliphatic rings. The van der Waals surface area contributed by atoms with E-state index in [0.717, 1.165) is 11.3 Å². The maximum atomic E-state index is 13.0. The molecule has 0 spiro atoms. The lowest BCUT2D eigenvalue weighted by molar-refractivity contribution is -0.141. The van der Waals surface area contributed by atoms with Gasteiger partial charge in [0, 0.05) is 6.07 Å². The number of ether oxygens (including phenoxy) is 3. The summed E-state index contributed by atoms with van der Waals surface area (Å²) in [5.41, 5.74) is 0.837. The number of carbonyl (C=O) groups is 2. The van der Waals surface area contributed by atoms with Gasteiger partial charge >= 0.3 is 12.1 Å². The Labute approximate surface area is 197 Å². The van der Waals surface area contributed by atoms with Crippen LogP contribution >= 0.6 is 0 Å². The molecule has 0 unspecified atom stereocenters. The first-order valence-electron chi connectivity index (χ1n) is 10.9. The van der Waals surface area contributed by atoms with Crippen LogP contribution in [0.2, 0.25) is 18.1 Å². The fraction of sp³-hybridized carbons (Fsp3) is 0.440. The van der Waals surface area contributed by atoms with Crippen molar-refractivity contribution in [2.24, 2.45) is 0 Å². The van der Waals surface area contributed by atoms with Gasteiger partial charge in [0.05, 0.1) is 20.3 Å². The number of hydrogen-bond acceptors (Lipinski definition) is 6. The predicted molar refractivity (Wildman–Crippen MR) is 130 cm³/mol. The zero-order valence-corrected chi connectivity index (χ0v) is 21.8. The maximum absolute atomic E-state index is 13.0. The van der Waals surface area contributed by atoms with Crippen LogP contribution in [0.3, 0.4) is 0 Å². The summed E-state index contributed by atoms with van der Waals surface area (Å²) < 4.78 is 21.8. The summed E-state index contributed by atoms with van der Waals surface area (Å²) in [4.78, 5) is 26.3. The van der Waals surface area contributed by atoms with Gasteiger partial charge in [0.25, 0.3) is 0 Å². The molecule has 0 aromatic heterocycles. The molecule has 0 aliphatic heterocycles. The molecule has 1 atom stereocenters. The van der Waals surface area contributed by atoms with Gasteiger partial charge < -0.3 is 18.6 Å². The lowest BCUT2D eigenvalue weighted by atomic mass is 10.1. The molecule has 8 heteroatoms. The van der Waals surface area contributed by atoms with Crippen molar-refractivity contribution >= 4 is 20.4 Å². The quantitative estimate of drug-likeness (QED) is 0.356. The lowest BCUT2D eigenvalue weighted by Gasteiger charge is -2.36. The first kappa shape index (κ1) is 26.3. The Bertz CT molecular complexity index is 952. The van der Waals surface area contributed by atoms with E-state index in [2.05, 4.69) is 33.9 Å². The summed E-state index contributed by atoms with van der Waals surface area (Å²) in [6.45, 7) is 12.5. The van der Waals surface area contributed by atoms with Crippen molar-refractivity contribution in [3.63, 3.8) is 0 Å². The summed E-state index contributed by atoms with van der Waals surface area (Å²) >= 11 is 0. The maximum Gasteiger partial charge on any atom is 0.416 e. The van der Waals surface area contributed by atoms with Crippen molar-refractivity contribution < 1.29 is 28.2 Å². The van der Waals surface area contributed by atoms with Gasteiger partial charge in [-0.1, -0.05) is 39.0 Å². The first-order valence-corrected chi connectivity index (χ1v) is 13.8. The molecule has 7 nitrogen and oxygen atoms in total. The molecule has 0 fully saturated rings. The number of nitrogens with zero attached hydrogens (tertiary/aromatic N) is 1. The summed E-state index contributed by atoms with van der Waals surface area (Å²) in [6.07, 6.45) is -0.664. The minimum absolute atomic E-state index is 0.0835. The van der Waals surface area contributed by atoms with E-state index in [0.29, 0.717) is 11.5 Å². The zero-order chi connectivity index (χ0) is 24.8. The van der Waals surface area contributed by atoms with E-state index in [-0.39, 0.29) is 11.6 Å². The number of amides is 1. The largest absolute Gasteiger partial charge is 0.544 e. The molecule has 1 amide bonds. The SMILES string of the molecule is COC(=O)CN(C(=O)Oc1cccc(OC)c1)[C@@H](C)c1ccc(O[Si](C)(C)C(C)(C)C)cc1. The molecular formula is C25H35NO6Si. The van der Waals surface area contributed by atoms with Crippen molar-refractivity contribution in [1.29, 1.82) is 0 Å². The second kappa shape index (κ2) is 10.7. The highest BCUT2D eigenvalue weighted by Gasteiger charge is 2.39. The van der Waals surface area contributed by atoms with Gasteiger partial charge in [-0.25, -0.2) is 4.79 Å². The Morgan fingerprint density at radius 1 is 0.970 bits per heavy atom. The van der Waals surface area contributed by atoms with Gasteiger partial charge in [0.15, 0.2) is 0 Å². The van der Waals surface area contributed by atoms with Gasteiger partial charge in [0.2, 0.25) is 8.32 Å². The van der Waals surface area contributed by atoms with Crippen LogP contribution in [-0.4, -0.2) is 46.0 Å². The van der Waals surface area contributed by atoms with Crippen LogP contribution in [-0.2, 0) is 9.53 Å². The minimum atomic E-state index is -1.96. The predicted octanol–water partition coefficient (Wildman–Crippen LogP) is 5.81. The third-order valence-electron chi connectivity index (χ3n) is 6.02. The third kappa shape index (κ3) is 6.99. The summed E-state index contributed by atoms with van der Waals surface area (Å²) in [6, 6.07) is 13.9. The van der Waals surface area contributed by atoms with Crippen molar-refractivity contribution in [2.45, 2.75) is 51.9 Å². The molecule has 0 bridgehead atoms. The van der Waals surface area contributed by atoms with Crippen LogP contribution in [0.4, 0.5) is 4.79 Å². The molecule has 0 saturated heterocycles. The van der Waals surface area contributed by atoms with E-state index < -0.39 is 26.4 Å². The summed E-state index contributed by atoms with van der Waals surface area (Å²) in [5.74, 6) is 1.13. The van der Waals surface area contributed by atoms with Crippen molar-refractivity contribution in [1.82, 2.24) is 4.90 Å². The fourth-order valence-corrected chi connectivity index (χ4v) is 3.86. The Hall–Kier alpha value is -3.00. The molecule has 0 N–H and O–H groups in total.